The third kappa shape index (κ3) is 0.233. The van der Waals surface area contributed by atoms with Crippen LogP contribution in [-0.4, -0.2) is 17.9 Å². The molecular weight excluding hydrogens is 78.0 g/mol. The minimum atomic E-state index is 0.0926. The van der Waals surface area contributed by atoms with Crippen LogP contribution < -0.4 is 0 Å². The molecule has 0 aromatic heterocycles. The molecule has 1 heterocycles. The molecule has 32 valence electrons. The van der Waals surface area contributed by atoms with E-state index in [4.69, 9.17) is 0 Å². The van der Waals surface area contributed by atoms with Crippen molar-refractivity contribution in [2.24, 2.45) is 0 Å². The summed E-state index contributed by atoms with van der Waals surface area (Å²) >= 11 is 0. The highest BCUT2D eigenvalue weighted by Gasteiger charge is 2.07. The summed E-state index contributed by atoms with van der Waals surface area (Å²) in [7, 11) is 1.72. The van der Waals surface area contributed by atoms with E-state index in [-0.39, 0.29) is 5.91 Å². The highest BCUT2D eigenvalue weighted by atomic mass is 16.2. The van der Waals surface area contributed by atoms with Crippen LogP contribution in [0.5, 0.6) is 0 Å². The monoisotopic (exact) mass is 83.0 g/mol. The molecule has 0 saturated heterocycles. The summed E-state index contributed by atoms with van der Waals surface area (Å²) in [5.74, 6) is 0.0926. The first-order valence-electron chi connectivity index (χ1n) is 1.76. The molecule has 2 nitrogen and oxygen atoms in total. The van der Waals surface area contributed by atoms with Gasteiger partial charge in [0.05, 0.1) is 0 Å². The van der Waals surface area contributed by atoms with Crippen LogP contribution in [0.15, 0.2) is 12.3 Å². The minimum Gasteiger partial charge on any atom is -0.318 e. The molecule has 0 saturated carbocycles. The first-order valence-corrected chi connectivity index (χ1v) is 1.76. The molecule has 0 aliphatic carbocycles. The number of amides is 1. The molecular formula is C4H5NO. The van der Waals surface area contributed by atoms with Gasteiger partial charge in [0.1, 0.15) is 0 Å². The van der Waals surface area contributed by atoms with Crippen molar-refractivity contribution in [2.45, 2.75) is 0 Å². The average Bonchev–Trinajstić information content (AvgIpc) is 1.61. The summed E-state index contributed by atoms with van der Waals surface area (Å²) in [6, 6.07) is 0. The maximum Gasteiger partial charge on any atom is 0.251 e. The quantitative estimate of drug-likeness (QED) is 0.403. The molecule has 1 rings (SSSR count). The summed E-state index contributed by atoms with van der Waals surface area (Å²) < 4.78 is 0. The topological polar surface area (TPSA) is 20.3 Å². The van der Waals surface area contributed by atoms with Crippen molar-refractivity contribution in [1.82, 2.24) is 4.90 Å². The van der Waals surface area contributed by atoms with E-state index in [1.165, 1.54) is 11.0 Å². The van der Waals surface area contributed by atoms with Crippen LogP contribution in [0.1, 0.15) is 0 Å². The van der Waals surface area contributed by atoms with Gasteiger partial charge in [-0.25, -0.2) is 0 Å². The largest absolute Gasteiger partial charge is 0.318 e. The van der Waals surface area contributed by atoms with Gasteiger partial charge >= 0.3 is 0 Å². The standard InChI is InChI=1S/C4H5NO/c1-5-3-2-4(5)6/h2-3H,1H3. The van der Waals surface area contributed by atoms with Gasteiger partial charge < -0.3 is 4.90 Å². The fraction of sp³-hybridized carbons (Fsp3) is 0.250. The molecule has 6 heavy (non-hydrogen) atoms. The summed E-state index contributed by atoms with van der Waals surface area (Å²) in [4.78, 5) is 11.6. The first-order chi connectivity index (χ1) is 2.80. The first kappa shape index (κ1) is 3.40. The molecule has 0 spiro atoms. The van der Waals surface area contributed by atoms with E-state index in [0.29, 0.717) is 0 Å². The molecule has 1 amide bonds. The Bertz CT molecular complexity index is 106. The van der Waals surface area contributed by atoms with Gasteiger partial charge in [-0.2, -0.15) is 0 Å². The van der Waals surface area contributed by atoms with Crippen LogP contribution in [0.2, 0.25) is 0 Å². The fourth-order valence-electron chi connectivity index (χ4n) is 0.284. The molecule has 1 aliphatic heterocycles. The molecule has 0 aromatic rings. The molecule has 0 unspecified atom stereocenters. The van der Waals surface area contributed by atoms with Crippen LogP contribution >= 0.6 is 0 Å². The van der Waals surface area contributed by atoms with Crippen LogP contribution in [0, 0.1) is 0 Å². The Balaban J connectivity index is 2.67. The summed E-state index contributed by atoms with van der Waals surface area (Å²) in [6.45, 7) is 0. The van der Waals surface area contributed by atoms with Crippen molar-refractivity contribution in [3.63, 3.8) is 0 Å². The van der Waals surface area contributed by atoms with Gasteiger partial charge in [-0.15, -0.1) is 0 Å². The molecule has 0 radical (unpaired) electrons. The third-order valence-corrected chi connectivity index (χ3v) is 0.788. The van der Waals surface area contributed by atoms with Crippen molar-refractivity contribution < 1.29 is 4.79 Å². The zero-order chi connectivity index (χ0) is 4.57. The van der Waals surface area contributed by atoms with Crippen molar-refractivity contribution in [3.05, 3.63) is 12.3 Å². The second-order valence-electron chi connectivity index (χ2n) is 1.26. The Hall–Kier alpha value is -0.790. The van der Waals surface area contributed by atoms with Gasteiger partial charge in [-0.3, -0.25) is 4.79 Å². The lowest BCUT2D eigenvalue weighted by Crippen LogP contribution is -2.26. The Labute approximate surface area is 36.1 Å². The number of nitrogens with zero attached hydrogens (tertiary/aromatic N) is 1. The highest BCUT2D eigenvalue weighted by Crippen LogP contribution is 1.96. The van der Waals surface area contributed by atoms with Crippen LogP contribution in [-0.2, 0) is 4.79 Å². The lowest BCUT2D eigenvalue weighted by Gasteiger charge is -2.15. The Kier molecular flexibility index (Phi) is 0.473. The van der Waals surface area contributed by atoms with Crippen molar-refractivity contribution in [1.29, 1.82) is 0 Å². The van der Waals surface area contributed by atoms with E-state index < -0.39 is 0 Å². The van der Waals surface area contributed by atoms with Gasteiger partial charge in [-0.1, -0.05) is 0 Å². The van der Waals surface area contributed by atoms with Crippen molar-refractivity contribution in [3.8, 4) is 0 Å². The Morgan fingerprint density at radius 1 is 1.83 bits per heavy atom. The van der Waals surface area contributed by atoms with Gasteiger partial charge in [-0.05, 0) is 0 Å². The van der Waals surface area contributed by atoms with Crippen molar-refractivity contribution in [2.75, 3.05) is 7.05 Å². The fourth-order valence-corrected chi connectivity index (χ4v) is 0.284. The SMILES string of the molecule is CN1C=CC1=O. The van der Waals surface area contributed by atoms with E-state index in [1.807, 2.05) is 0 Å². The number of hydrogen-bond acceptors (Lipinski definition) is 1. The Morgan fingerprint density at radius 2 is 2.33 bits per heavy atom. The van der Waals surface area contributed by atoms with Crippen LogP contribution in [0.3, 0.4) is 0 Å². The number of carbonyl (C=O) groups is 1. The number of carbonyl (C=O) groups excluding carboxylic acids is 1. The molecule has 1 aliphatic rings. The maximum absolute atomic E-state index is 10.1. The zero-order valence-electron chi connectivity index (χ0n) is 3.51. The van der Waals surface area contributed by atoms with Crippen LogP contribution in [0.25, 0.3) is 0 Å². The molecule has 0 atom stereocenters. The molecule has 0 bridgehead atoms. The van der Waals surface area contributed by atoms with E-state index >= 15 is 0 Å². The summed E-state index contributed by atoms with van der Waals surface area (Å²) in [5, 5.41) is 0. The molecule has 0 fully saturated rings. The predicted octanol–water partition coefficient (Wildman–Crippen LogP) is -0.0279. The smallest absolute Gasteiger partial charge is 0.251 e. The summed E-state index contributed by atoms with van der Waals surface area (Å²) in [6.07, 6.45) is 3.25. The number of likely N-dealkylation sites (N-methyl/N-ethyl adjacent to an activating group) is 1. The zero-order valence-corrected chi connectivity index (χ0v) is 3.51. The van der Waals surface area contributed by atoms with Gasteiger partial charge in [0.25, 0.3) is 5.91 Å². The lowest BCUT2D eigenvalue weighted by molar-refractivity contribution is -0.124. The van der Waals surface area contributed by atoms with Gasteiger partial charge in [0, 0.05) is 19.3 Å². The van der Waals surface area contributed by atoms with E-state index in [1.54, 1.807) is 13.2 Å². The average molecular weight is 83.1 g/mol. The Morgan fingerprint density at radius 3 is 2.33 bits per heavy atom. The third-order valence-electron chi connectivity index (χ3n) is 0.788. The number of hydrogen-bond donors (Lipinski definition) is 0. The maximum atomic E-state index is 10.1. The normalized spacial score (nSPS) is 18.2. The summed E-state index contributed by atoms with van der Waals surface area (Å²) in [5.41, 5.74) is 0. The van der Waals surface area contributed by atoms with Gasteiger partial charge in [0.2, 0.25) is 0 Å². The van der Waals surface area contributed by atoms with E-state index in [0.717, 1.165) is 0 Å². The van der Waals surface area contributed by atoms with Crippen molar-refractivity contribution >= 4 is 5.91 Å². The number of rotatable bonds is 0. The molecule has 2 heteroatoms. The van der Waals surface area contributed by atoms with E-state index in [2.05, 4.69) is 0 Å². The van der Waals surface area contributed by atoms with Gasteiger partial charge in [0.15, 0.2) is 0 Å². The second kappa shape index (κ2) is 0.834. The lowest BCUT2D eigenvalue weighted by atomic mass is 10.4. The molecule has 0 N–H and O–H groups in total. The van der Waals surface area contributed by atoms with Crippen LogP contribution in [0.4, 0.5) is 0 Å². The molecule has 0 aromatic carbocycles. The van der Waals surface area contributed by atoms with E-state index in [9.17, 15) is 4.79 Å². The second-order valence-corrected chi connectivity index (χ2v) is 1.26. The highest BCUT2D eigenvalue weighted by molar-refractivity contribution is 5.93. The minimum absolute atomic E-state index is 0.0926. The predicted molar refractivity (Wildman–Crippen MR) is 21.9 cm³/mol.